The number of carbonyl (C=O) groups is 1. The molecule has 3 rings (SSSR count). The first-order chi connectivity index (χ1) is 12.1. The molecule has 1 amide bonds. The molecule has 132 valence electrons. The molecule has 1 heterocycles. The van der Waals surface area contributed by atoms with E-state index in [-0.39, 0.29) is 22.6 Å². The van der Waals surface area contributed by atoms with Gasteiger partial charge in [0.15, 0.2) is 0 Å². The summed E-state index contributed by atoms with van der Waals surface area (Å²) < 4.78 is 26.7. The molecule has 0 aliphatic carbocycles. The van der Waals surface area contributed by atoms with Crippen molar-refractivity contribution in [2.45, 2.75) is 23.9 Å². The number of halogens is 2. The second-order valence-electron chi connectivity index (χ2n) is 6.28. The molecule has 0 aromatic heterocycles. The zero-order valence-corrected chi connectivity index (χ0v) is 14.6. The molecule has 1 saturated heterocycles. The molecule has 0 spiro atoms. The molecule has 0 bridgehead atoms. The molecule has 3 nitrogen and oxygen atoms in total. The Hall–Kier alpha value is -1.92. The molecule has 1 aliphatic rings. The highest BCUT2D eigenvalue weighted by molar-refractivity contribution is 8.00. The van der Waals surface area contributed by atoms with Crippen LogP contribution >= 0.6 is 11.8 Å². The summed E-state index contributed by atoms with van der Waals surface area (Å²) in [5, 5.41) is 3.00. The lowest BCUT2D eigenvalue weighted by molar-refractivity contribution is -0.901. The molecule has 1 unspecified atom stereocenters. The topological polar surface area (TPSA) is 33.5 Å². The summed E-state index contributed by atoms with van der Waals surface area (Å²) in [6.45, 7) is 2.86. The maximum absolute atomic E-state index is 13.6. The Balaban J connectivity index is 1.43. The molecular weight excluding hydrogens is 342 g/mol. The van der Waals surface area contributed by atoms with Crippen molar-refractivity contribution in [3.63, 3.8) is 0 Å². The number of amides is 1. The van der Waals surface area contributed by atoms with E-state index in [0.29, 0.717) is 0 Å². The van der Waals surface area contributed by atoms with Crippen LogP contribution in [0.1, 0.15) is 12.0 Å². The van der Waals surface area contributed by atoms with E-state index in [0.717, 1.165) is 56.0 Å². The molecule has 2 atom stereocenters. The van der Waals surface area contributed by atoms with Crippen molar-refractivity contribution in [2.75, 3.05) is 18.8 Å². The smallest absolute Gasteiger partial charge is 0.230 e. The second kappa shape index (κ2) is 8.45. The van der Waals surface area contributed by atoms with Crippen molar-refractivity contribution >= 4 is 17.7 Å². The Bertz CT molecular complexity index is 727. The van der Waals surface area contributed by atoms with Gasteiger partial charge < -0.3 is 10.2 Å². The molecule has 2 aromatic rings. The third-order valence-electron chi connectivity index (χ3n) is 4.30. The number of nitrogens with one attached hydrogen (secondary N) is 2. The summed E-state index contributed by atoms with van der Waals surface area (Å²) in [6.07, 6.45) is 0.937. The summed E-state index contributed by atoms with van der Waals surface area (Å²) in [5.74, 6) is -1.05. The van der Waals surface area contributed by atoms with Gasteiger partial charge >= 0.3 is 0 Å². The zero-order valence-electron chi connectivity index (χ0n) is 13.8. The van der Waals surface area contributed by atoms with Gasteiger partial charge in [-0.25, -0.2) is 8.78 Å². The molecule has 2 N–H and O–H groups in total. The highest BCUT2D eigenvalue weighted by Crippen LogP contribution is 2.22. The van der Waals surface area contributed by atoms with Crippen molar-refractivity contribution in [3.8, 4) is 0 Å². The third-order valence-corrected chi connectivity index (χ3v) is 5.33. The average Bonchev–Trinajstić information content (AvgIpc) is 3.03. The minimum absolute atomic E-state index is 0.0882. The van der Waals surface area contributed by atoms with Crippen LogP contribution in [-0.2, 0) is 11.3 Å². The summed E-state index contributed by atoms with van der Waals surface area (Å²) in [6, 6.07) is 13.7. The maximum Gasteiger partial charge on any atom is 0.230 e. The Morgan fingerprint density at radius 2 is 2.00 bits per heavy atom. The lowest BCUT2D eigenvalue weighted by Crippen LogP contribution is -3.09. The first-order valence-corrected chi connectivity index (χ1v) is 9.33. The Kier molecular flexibility index (Phi) is 6.04. The fourth-order valence-electron chi connectivity index (χ4n) is 3.10. The van der Waals surface area contributed by atoms with Gasteiger partial charge in [0.25, 0.3) is 0 Å². The minimum atomic E-state index is -0.501. The number of benzene rings is 2. The number of hydrogen-bond acceptors (Lipinski definition) is 2. The molecule has 25 heavy (non-hydrogen) atoms. The number of hydrogen-bond donors (Lipinski definition) is 2. The normalized spacial score (nSPS) is 19.8. The minimum Gasteiger partial charge on any atom is -0.347 e. The zero-order chi connectivity index (χ0) is 17.6. The van der Waals surface area contributed by atoms with Gasteiger partial charge in [-0.1, -0.05) is 30.3 Å². The monoisotopic (exact) mass is 363 g/mol. The Morgan fingerprint density at radius 1 is 1.20 bits per heavy atom. The summed E-state index contributed by atoms with van der Waals surface area (Å²) in [5.41, 5.74) is 1.29. The van der Waals surface area contributed by atoms with Crippen molar-refractivity contribution in [1.29, 1.82) is 0 Å². The van der Waals surface area contributed by atoms with E-state index in [4.69, 9.17) is 0 Å². The molecule has 0 radical (unpaired) electrons. The van der Waals surface area contributed by atoms with E-state index in [1.54, 1.807) is 0 Å². The third kappa shape index (κ3) is 5.28. The maximum atomic E-state index is 13.6. The molecular formula is C19H21F2N2OS+. The van der Waals surface area contributed by atoms with Crippen molar-refractivity contribution < 1.29 is 18.5 Å². The van der Waals surface area contributed by atoms with Crippen LogP contribution in [-0.4, -0.2) is 30.8 Å². The van der Waals surface area contributed by atoms with E-state index in [1.165, 1.54) is 10.5 Å². The van der Waals surface area contributed by atoms with Gasteiger partial charge in [-0.05, 0) is 18.2 Å². The average molecular weight is 363 g/mol. The fraction of sp³-hybridized carbons (Fsp3) is 0.316. The SMILES string of the molecule is O=C(CSc1cc(F)ccc1F)N[C@H]1CC[NH+](Cc2ccccc2)C1. The van der Waals surface area contributed by atoms with E-state index >= 15 is 0 Å². The molecule has 1 aliphatic heterocycles. The standard InChI is InChI=1S/C19H20F2N2OS/c20-15-6-7-17(21)18(10-15)25-13-19(24)22-16-8-9-23(12-16)11-14-4-2-1-3-5-14/h1-7,10,16H,8-9,11-13H2,(H,22,24)/p+1/t16-/m0/s1. The van der Waals surface area contributed by atoms with Gasteiger partial charge in [-0.3, -0.25) is 4.79 Å². The van der Waals surface area contributed by atoms with Gasteiger partial charge in [-0.15, -0.1) is 11.8 Å². The summed E-state index contributed by atoms with van der Waals surface area (Å²) >= 11 is 1.02. The summed E-state index contributed by atoms with van der Waals surface area (Å²) in [4.78, 5) is 13.7. The van der Waals surface area contributed by atoms with Crippen LogP contribution in [0.3, 0.4) is 0 Å². The van der Waals surface area contributed by atoms with Crippen LogP contribution in [0.2, 0.25) is 0 Å². The van der Waals surface area contributed by atoms with Gasteiger partial charge in [0.1, 0.15) is 18.2 Å². The van der Waals surface area contributed by atoms with Crippen LogP contribution in [0.4, 0.5) is 8.78 Å². The molecule has 6 heteroatoms. The van der Waals surface area contributed by atoms with Crippen LogP contribution in [0.25, 0.3) is 0 Å². The summed E-state index contributed by atoms with van der Waals surface area (Å²) in [7, 11) is 0. The van der Waals surface area contributed by atoms with Gasteiger partial charge in [0.2, 0.25) is 5.91 Å². The van der Waals surface area contributed by atoms with E-state index < -0.39 is 11.6 Å². The predicted octanol–water partition coefficient (Wildman–Crippen LogP) is 2.03. The highest BCUT2D eigenvalue weighted by atomic mass is 32.2. The van der Waals surface area contributed by atoms with Crippen molar-refractivity contribution in [2.24, 2.45) is 0 Å². The predicted molar refractivity (Wildman–Crippen MR) is 94.5 cm³/mol. The largest absolute Gasteiger partial charge is 0.347 e. The molecule has 2 aromatic carbocycles. The highest BCUT2D eigenvalue weighted by Gasteiger charge is 2.27. The lowest BCUT2D eigenvalue weighted by Gasteiger charge is -2.14. The quantitative estimate of drug-likeness (QED) is 0.770. The van der Waals surface area contributed by atoms with Crippen LogP contribution < -0.4 is 10.2 Å². The molecule has 1 fully saturated rings. The van der Waals surface area contributed by atoms with E-state index in [9.17, 15) is 13.6 Å². The van der Waals surface area contributed by atoms with Crippen molar-refractivity contribution in [3.05, 3.63) is 65.7 Å². The fourth-order valence-corrected chi connectivity index (χ4v) is 3.87. The van der Waals surface area contributed by atoms with E-state index in [2.05, 4.69) is 17.4 Å². The van der Waals surface area contributed by atoms with Gasteiger partial charge in [-0.2, -0.15) is 0 Å². The van der Waals surface area contributed by atoms with Crippen LogP contribution in [0, 0.1) is 11.6 Å². The number of rotatable bonds is 6. The molecule has 0 saturated carbocycles. The first-order valence-electron chi connectivity index (χ1n) is 8.35. The Morgan fingerprint density at radius 3 is 2.80 bits per heavy atom. The van der Waals surface area contributed by atoms with Crippen LogP contribution in [0.15, 0.2) is 53.4 Å². The lowest BCUT2D eigenvalue weighted by atomic mass is 10.2. The Labute approximate surface area is 150 Å². The van der Waals surface area contributed by atoms with Crippen LogP contribution in [0.5, 0.6) is 0 Å². The number of quaternary nitrogens is 1. The second-order valence-corrected chi connectivity index (χ2v) is 7.30. The number of carbonyl (C=O) groups excluding carboxylic acids is 1. The van der Waals surface area contributed by atoms with E-state index in [1.807, 2.05) is 18.2 Å². The number of thioether (sulfide) groups is 1. The number of likely N-dealkylation sites (tertiary alicyclic amines) is 1. The first kappa shape index (κ1) is 17.9. The van der Waals surface area contributed by atoms with Gasteiger partial charge in [0.05, 0.1) is 24.9 Å². The van der Waals surface area contributed by atoms with Gasteiger partial charge in [0, 0.05) is 16.9 Å². The van der Waals surface area contributed by atoms with Crippen molar-refractivity contribution in [1.82, 2.24) is 5.32 Å².